The highest BCUT2D eigenvalue weighted by Crippen LogP contribution is 2.42. The van der Waals surface area contributed by atoms with Crippen LogP contribution in [0, 0.1) is 5.82 Å². The predicted molar refractivity (Wildman–Crippen MR) is 198 cm³/mol. The quantitative estimate of drug-likeness (QED) is 0.139. The smallest absolute Gasteiger partial charge is 0.456 e. The van der Waals surface area contributed by atoms with Gasteiger partial charge in [0.15, 0.2) is 0 Å². The fourth-order valence-corrected chi connectivity index (χ4v) is 8.76. The second kappa shape index (κ2) is 14.5. The van der Waals surface area contributed by atoms with E-state index in [0.29, 0.717) is 68.7 Å². The summed E-state index contributed by atoms with van der Waals surface area (Å²) in [6.45, 7) is 1.44. The predicted octanol–water partition coefficient (Wildman–Crippen LogP) is 8.81. The lowest BCUT2D eigenvalue weighted by Crippen LogP contribution is -2.32. The van der Waals surface area contributed by atoms with Crippen molar-refractivity contribution in [2.24, 2.45) is 19.3 Å². The minimum atomic E-state index is -4.64. The number of aryl methyl sites for hydroxylation is 3. The van der Waals surface area contributed by atoms with Gasteiger partial charge in [-0.25, -0.2) is 13.5 Å². The molecular formula is C36H33ClF4N6O4S2. The van der Waals surface area contributed by atoms with Crippen molar-refractivity contribution in [2.45, 2.75) is 42.5 Å². The highest BCUT2D eigenvalue weighted by molar-refractivity contribution is 7.98. The number of hydrogen-bond donors (Lipinski definition) is 1. The Hall–Kier alpha value is -4.38. The number of carbonyl (C=O) groups is 1. The lowest BCUT2D eigenvalue weighted by atomic mass is 9.94. The average Bonchev–Trinajstić information content (AvgIpc) is 3.57. The lowest BCUT2D eigenvalue weighted by molar-refractivity contribution is -0.112. The van der Waals surface area contributed by atoms with E-state index in [-0.39, 0.29) is 48.1 Å². The van der Waals surface area contributed by atoms with Gasteiger partial charge < -0.3 is 14.4 Å². The molecule has 2 aliphatic heterocycles. The molecule has 5 aromatic rings. The molecule has 0 saturated heterocycles. The van der Waals surface area contributed by atoms with E-state index < -0.39 is 17.3 Å². The van der Waals surface area contributed by atoms with Gasteiger partial charge in [0.1, 0.15) is 23.0 Å². The van der Waals surface area contributed by atoms with E-state index in [0.717, 1.165) is 20.3 Å². The van der Waals surface area contributed by atoms with Crippen LogP contribution >= 0.6 is 35.3 Å². The molecule has 0 spiro atoms. The minimum absolute atomic E-state index is 0.0438. The van der Waals surface area contributed by atoms with E-state index in [2.05, 4.69) is 10.3 Å². The summed E-state index contributed by atoms with van der Waals surface area (Å²) < 4.78 is 67.2. The number of rotatable bonds is 2. The summed E-state index contributed by atoms with van der Waals surface area (Å²) in [4.78, 5) is 19.1. The highest BCUT2D eigenvalue weighted by atomic mass is 35.5. The molecule has 8 bridgehead atoms. The SMILES string of the molecule is CC1=C2C(=NON1C)CN(SC(F)(F)F)Cc1cc(n(C)n1)CSc1cc(c3ccc(F)cc3c1)OCCCc1c(C(=O)O)n(C)c3c2c(Cl)ccc13. The average molecular weight is 789 g/mol. The second-order valence-electron chi connectivity index (χ2n) is 12.7. The van der Waals surface area contributed by atoms with Crippen LogP contribution in [0.5, 0.6) is 5.75 Å². The fraction of sp³-hybridized carbons (Fsp3) is 0.306. The first-order valence-corrected chi connectivity index (χ1v) is 18.6. The van der Waals surface area contributed by atoms with Gasteiger partial charge in [-0.15, -0.1) is 11.8 Å². The molecule has 2 aliphatic rings. The number of oxime groups is 1. The summed E-state index contributed by atoms with van der Waals surface area (Å²) >= 11 is 8.08. The summed E-state index contributed by atoms with van der Waals surface area (Å²) in [5.41, 5.74) is -0.890. The maximum atomic E-state index is 14.4. The Kier molecular flexibility index (Phi) is 10.1. The number of nitrogens with zero attached hydrogens (tertiary/aromatic N) is 6. The molecular weight excluding hydrogens is 756 g/mol. The Labute approximate surface area is 315 Å². The van der Waals surface area contributed by atoms with E-state index in [1.807, 2.05) is 12.1 Å². The van der Waals surface area contributed by atoms with Crippen LogP contribution in [-0.2, 0) is 37.8 Å². The third kappa shape index (κ3) is 7.41. The summed E-state index contributed by atoms with van der Waals surface area (Å²) in [7, 11) is 4.96. The van der Waals surface area contributed by atoms with Gasteiger partial charge in [-0.2, -0.15) is 23.3 Å². The normalized spacial score (nSPS) is 16.3. The largest absolute Gasteiger partial charge is 0.493 e. The molecule has 17 heteroatoms. The van der Waals surface area contributed by atoms with E-state index in [4.69, 9.17) is 21.3 Å². The van der Waals surface area contributed by atoms with Gasteiger partial charge in [-0.3, -0.25) is 9.62 Å². The summed E-state index contributed by atoms with van der Waals surface area (Å²) in [6.07, 6.45) is 0.755. The zero-order valence-corrected chi connectivity index (χ0v) is 31.3. The number of thioether (sulfide) groups is 1. The maximum Gasteiger partial charge on any atom is 0.456 e. The number of carboxylic acids is 1. The number of ether oxygens (including phenoxy) is 1. The number of carboxylic acid groups (broad SMARTS) is 1. The number of benzene rings is 3. The summed E-state index contributed by atoms with van der Waals surface area (Å²) in [5, 5.41) is 22.9. The van der Waals surface area contributed by atoms with Gasteiger partial charge in [-0.1, -0.05) is 22.8 Å². The number of aromatic nitrogens is 3. The zero-order valence-electron chi connectivity index (χ0n) is 28.9. The second-order valence-corrected chi connectivity index (χ2v) is 15.3. The Morgan fingerprint density at radius 3 is 2.58 bits per heavy atom. The van der Waals surface area contributed by atoms with Crippen LogP contribution in [0.2, 0.25) is 5.02 Å². The van der Waals surface area contributed by atoms with Gasteiger partial charge in [0.2, 0.25) is 0 Å². The first-order chi connectivity index (χ1) is 25.2. The van der Waals surface area contributed by atoms with Crippen LogP contribution in [0.1, 0.15) is 46.3 Å². The molecule has 0 unspecified atom stereocenters. The molecule has 0 amide bonds. The van der Waals surface area contributed by atoms with E-state index in [1.54, 1.807) is 61.6 Å². The lowest BCUT2D eigenvalue weighted by Gasteiger charge is -2.29. The zero-order chi connectivity index (χ0) is 37.8. The Morgan fingerprint density at radius 2 is 1.83 bits per heavy atom. The number of aromatic carboxylic acids is 1. The van der Waals surface area contributed by atoms with Crippen molar-refractivity contribution >= 4 is 74.2 Å². The monoisotopic (exact) mass is 788 g/mol. The van der Waals surface area contributed by atoms with Crippen LogP contribution in [0.3, 0.4) is 0 Å². The molecule has 10 nitrogen and oxygen atoms in total. The number of hydroxylamine groups is 2. The van der Waals surface area contributed by atoms with Crippen LogP contribution in [-0.4, -0.2) is 66.2 Å². The minimum Gasteiger partial charge on any atom is -0.493 e. The Balaban J connectivity index is 1.40. The molecule has 1 N–H and O–H groups in total. The van der Waals surface area contributed by atoms with Gasteiger partial charge >= 0.3 is 11.5 Å². The molecule has 3 aromatic carbocycles. The molecule has 7 rings (SSSR count). The Morgan fingerprint density at radius 1 is 1.06 bits per heavy atom. The van der Waals surface area contributed by atoms with Crippen LogP contribution in [0.4, 0.5) is 17.6 Å². The first kappa shape index (κ1) is 37.0. The molecule has 53 heavy (non-hydrogen) atoms. The highest BCUT2D eigenvalue weighted by Gasteiger charge is 2.36. The van der Waals surface area contributed by atoms with Gasteiger partial charge in [0, 0.05) is 71.3 Å². The number of alkyl halides is 3. The molecule has 4 heterocycles. The summed E-state index contributed by atoms with van der Waals surface area (Å²) in [5.74, 6) is -0.581. The molecule has 0 atom stereocenters. The summed E-state index contributed by atoms with van der Waals surface area (Å²) in [6, 6.07) is 13.4. The topological polar surface area (TPSA) is 97.3 Å². The number of allylic oxidation sites excluding steroid dienone is 1. The molecule has 0 fully saturated rings. The molecule has 0 aliphatic carbocycles. The third-order valence-corrected chi connectivity index (χ3v) is 11.3. The first-order valence-electron chi connectivity index (χ1n) is 16.4. The van der Waals surface area contributed by atoms with Crippen LogP contribution in [0.25, 0.3) is 27.2 Å². The van der Waals surface area contributed by atoms with Crippen LogP contribution < -0.4 is 4.74 Å². The van der Waals surface area contributed by atoms with Crippen molar-refractivity contribution < 1.29 is 37.1 Å². The maximum absolute atomic E-state index is 14.4. The van der Waals surface area contributed by atoms with E-state index in [1.165, 1.54) is 29.0 Å². The van der Waals surface area contributed by atoms with E-state index >= 15 is 0 Å². The van der Waals surface area contributed by atoms with Crippen molar-refractivity contribution in [2.75, 3.05) is 20.2 Å². The molecule has 278 valence electrons. The van der Waals surface area contributed by atoms with Crippen molar-refractivity contribution in [1.29, 1.82) is 0 Å². The third-order valence-electron chi connectivity index (χ3n) is 9.25. The van der Waals surface area contributed by atoms with Crippen molar-refractivity contribution in [3.05, 3.63) is 93.3 Å². The fourth-order valence-electron chi connectivity index (χ4n) is 6.85. The van der Waals surface area contributed by atoms with E-state index in [9.17, 15) is 27.5 Å². The van der Waals surface area contributed by atoms with Crippen LogP contribution in [0.15, 0.2) is 64.3 Å². The number of hydrogen-bond acceptors (Lipinski definition) is 9. The standard InChI is InChI=1S/C36H33ClF4N6O4S2/c1-19-31-29(43-51-46(19)4)17-47(53-36(39,40)41)16-22-14-23(45(3)42-22)18-52-24-13-20-12-21(38)7-8-25(20)30(15-24)50-11-5-6-26-27-9-10-28(37)32(31)33(27)44(2)34(26)35(48)49/h7-10,12-15H,5-6,11,16-18H2,1-4H3,(H,48,49). The molecule has 0 saturated carbocycles. The van der Waals surface area contributed by atoms with Crippen molar-refractivity contribution in [1.82, 2.24) is 23.7 Å². The number of fused-ring (bicyclic) bond motifs is 8. The molecule has 0 radical (unpaired) electrons. The van der Waals surface area contributed by atoms with Gasteiger partial charge in [0.05, 0.1) is 41.6 Å². The van der Waals surface area contributed by atoms with Gasteiger partial charge in [-0.05, 0) is 73.2 Å². The Bertz CT molecular complexity index is 2340. The van der Waals surface area contributed by atoms with Crippen molar-refractivity contribution in [3.8, 4) is 5.75 Å². The number of halogens is 5. The van der Waals surface area contributed by atoms with Gasteiger partial charge in [0.25, 0.3) is 0 Å². The van der Waals surface area contributed by atoms with Crippen molar-refractivity contribution in [3.63, 3.8) is 0 Å². The molecule has 2 aromatic heterocycles.